The van der Waals surface area contributed by atoms with Gasteiger partial charge in [-0.05, 0) is 46.0 Å². The summed E-state index contributed by atoms with van der Waals surface area (Å²) >= 11 is 0. The molecule has 0 spiro atoms. The van der Waals surface area contributed by atoms with E-state index in [2.05, 4.69) is 36.0 Å². The average molecular weight is 287 g/mol. The molecule has 0 radical (unpaired) electrons. The van der Waals surface area contributed by atoms with Gasteiger partial charge in [0.1, 0.15) is 0 Å². The monoisotopic (exact) mass is 287 g/mol. The van der Waals surface area contributed by atoms with Crippen molar-refractivity contribution in [3.63, 3.8) is 0 Å². The Bertz CT molecular complexity index is 573. The number of likely N-dealkylation sites (tertiary alicyclic amines) is 1. The van der Waals surface area contributed by atoms with Gasteiger partial charge < -0.3 is 4.90 Å². The van der Waals surface area contributed by atoms with Gasteiger partial charge in [-0.2, -0.15) is 5.10 Å². The van der Waals surface area contributed by atoms with Crippen LogP contribution in [0.4, 0.5) is 0 Å². The Morgan fingerprint density at radius 3 is 2.71 bits per heavy atom. The minimum atomic E-state index is 0.188. The Labute approximate surface area is 126 Å². The number of hydrogen-bond donors (Lipinski definition) is 0. The molecule has 1 aromatic heterocycles. The van der Waals surface area contributed by atoms with Crippen LogP contribution in [0.25, 0.3) is 0 Å². The molecule has 1 amide bonds. The Morgan fingerprint density at radius 1 is 1.29 bits per heavy atom. The van der Waals surface area contributed by atoms with Gasteiger partial charge in [-0.15, -0.1) is 0 Å². The van der Waals surface area contributed by atoms with Gasteiger partial charge in [0.05, 0.1) is 11.7 Å². The fourth-order valence-corrected chi connectivity index (χ4v) is 3.86. The molecule has 4 heteroatoms. The van der Waals surface area contributed by atoms with Crippen molar-refractivity contribution in [3.05, 3.63) is 29.1 Å². The van der Waals surface area contributed by atoms with E-state index in [1.165, 1.54) is 11.3 Å². The lowest BCUT2D eigenvalue weighted by Crippen LogP contribution is -2.36. The van der Waals surface area contributed by atoms with Crippen molar-refractivity contribution in [2.24, 2.45) is 13.0 Å². The first-order chi connectivity index (χ1) is 10.1. The molecule has 2 aliphatic rings. The SMILES string of the molecule is Cc1nn(C)c(C)c1[C@H]1CCCN1C(=O)[C@@H]1CC=CCC1. The van der Waals surface area contributed by atoms with E-state index in [1.807, 2.05) is 11.7 Å². The molecule has 0 unspecified atom stereocenters. The molecule has 1 saturated heterocycles. The van der Waals surface area contributed by atoms with Crippen LogP contribution in [0.15, 0.2) is 12.2 Å². The quantitative estimate of drug-likeness (QED) is 0.784. The van der Waals surface area contributed by atoms with Crippen molar-refractivity contribution < 1.29 is 4.79 Å². The molecule has 0 bridgehead atoms. The Morgan fingerprint density at radius 2 is 2.10 bits per heavy atom. The van der Waals surface area contributed by atoms with E-state index >= 15 is 0 Å². The van der Waals surface area contributed by atoms with E-state index in [0.717, 1.165) is 44.3 Å². The zero-order chi connectivity index (χ0) is 15.0. The summed E-state index contributed by atoms with van der Waals surface area (Å²) in [6.07, 6.45) is 9.49. The van der Waals surface area contributed by atoms with Crippen LogP contribution in [-0.4, -0.2) is 27.1 Å². The maximum absolute atomic E-state index is 12.9. The highest BCUT2D eigenvalue weighted by Crippen LogP contribution is 2.37. The topological polar surface area (TPSA) is 38.1 Å². The van der Waals surface area contributed by atoms with Crippen LogP contribution in [0.2, 0.25) is 0 Å². The second-order valence-electron chi connectivity index (χ2n) is 6.38. The number of carbonyl (C=O) groups is 1. The molecule has 2 atom stereocenters. The fourth-order valence-electron chi connectivity index (χ4n) is 3.86. The highest BCUT2D eigenvalue weighted by molar-refractivity contribution is 5.80. The van der Waals surface area contributed by atoms with Crippen LogP contribution in [0.5, 0.6) is 0 Å². The number of aromatic nitrogens is 2. The van der Waals surface area contributed by atoms with E-state index in [4.69, 9.17) is 0 Å². The molecule has 2 heterocycles. The summed E-state index contributed by atoms with van der Waals surface area (Å²) in [5.74, 6) is 0.539. The van der Waals surface area contributed by atoms with Crippen molar-refractivity contribution >= 4 is 5.91 Å². The summed E-state index contributed by atoms with van der Waals surface area (Å²) < 4.78 is 1.94. The lowest BCUT2D eigenvalue weighted by atomic mass is 9.92. The summed E-state index contributed by atoms with van der Waals surface area (Å²) in [7, 11) is 1.98. The van der Waals surface area contributed by atoms with E-state index in [9.17, 15) is 4.79 Å². The highest BCUT2D eigenvalue weighted by atomic mass is 16.2. The summed E-state index contributed by atoms with van der Waals surface area (Å²) in [6.45, 7) is 5.07. The smallest absolute Gasteiger partial charge is 0.226 e. The van der Waals surface area contributed by atoms with E-state index in [-0.39, 0.29) is 12.0 Å². The zero-order valence-corrected chi connectivity index (χ0v) is 13.3. The van der Waals surface area contributed by atoms with Crippen molar-refractivity contribution in [2.45, 2.75) is 52.0 Å². The van der Waals surface area contributed by atoms with Gasteiger partial charge in [0.25, 0.3) is 0 Å². The molecule has 0 aromatic carbocycles. The number of allylic oxidation sites excluding steroid dienone is 2. The highest BCUT2D eigenvalue weighted by Gasteiger charge is 2.36. The largest absolute Gasteiger partial charge is 0.335 e. The van der Waals surface area contributed by atoms with Crippen LogP contribution in [-0.2, 0) is 11.8 Å². The number of amides is 1. The first-order valence-corrected chi connectivity index (χ1v) is 8.05. The lowest BCUT2D eigenvalue weighted by molar-refractivity contribution is -0.136. The number of hydrogen-bond acceptors (Lipinski definition) is 2. The molecule has 3 rings (SSSR count). The zero-order valence-electron chi connectivity index (χ0n) is 13.3. The average Bonchev–Trinajstić information content (AvgIpc) is 3.05. The van der Waals surface area contributed by atoms with Gasteiger partial charge in [-0.3, -0.25) is 9.48 Å². The van der Waals surface area contributed by atoms with Crippen LogP contribution in [0, 0.1) is 19.8 Å². The van der Waals surface area contributed by atoms with Crippen molar-refractivity contribution in [3.8, 4) is 0 Å². The molecular weight excluding hydrogens is 262 g/mol. The van der Waals surface area contributed by atoms with Gasteiger partial charge >= 0.3 is 0 Å². The molecular formula is C17H25N3O. The molecule has 1 aliphatic carbocycles. The van der Waals surface area contributed by atoms with Crippen LogP contribution >= 0.6 is 0 Å². The number of carbonyl (C=O) groups excluding carboxylic acids is 1. The Hall–Kier alpha value is -1.58. The normalized spacial score (nSPS) is 25.6. The maximum Gasteiger partial charge on any atom is 0.226 e. The molecule has 0 N–H and O–H groups in total. The van der Waals surface area contributed by atoms with E-state index in [1.54, 1.807) is 0 Å². The third kappa shape index (κ3) is 2.52. The van der Waals surface area contributed by atoms with Gasteiger partial charge in [0.15, 0.2) is 0 Å². The summed E-state index contributed by atoms with van der Waals surface area (Å²) in [5.41, 5.74) is 3.54. The molecule has 114 valence electrons. The number of nitrogens with zero attached hydrogens (tertiary/aromatic N) is 3. The molecule has 1 fully saturated rings. The van der Waals surface area contributed by atoms with Gasteiger partial charge in [0, 0.05) is 30.8 Å². The van der Waals surface area contributed by atoms with Gasteiger partial charge in [-0.25, -0.2) is 0 Å². The Kier molecular flexibility index (Phi) is 3.87. The second-order valence-corrected chi connectivity index (χ2v) is 6.38. The fraction of sp³-hybridized carbons (Fsp3) is 0.647. The number of rotatable bonds is 2. The third-order valence-electron chi connectivity index (χ3n) is 5.05. The predicted molar refractivity (Wildman–Crippen MR) is 82.9 cm³/mol. The Balaban J connectivity index is 1.85. The minimum absolute atomic E-state index is 0.188. The molecule has 21 heavy (non-hydrogen) atoms. The number of aryl methyl sites for hydroxylation is 2. The molecule has 4 nitrogen and oxygen atoms in total. The third-order valence-corrected chi connectivity index (χ3v) is 5.05. The summed E-state index contributed by atoms with van der Waals surface area (Å²) in [4.78, 5) is 15.0. The van der Waals surface area contributed by atoms with E-state index < -0.39 is 0 Å². The van der Waals surface area contributed by atoms with E-state index in [0.29, 0.717) is 5.91 Å². The molecule has 0 saturated carbocycles. The van der Waals surface area contributed by atoms with Crippen molar-refractivity contribution in [1.82, 2.24) is 14.7 Å². The summed E-state index contributed by atoms with van der Waals surface area (Å²) in [6, 6.07) is 0.233. The van der Waals surface area contributed by atoms with Gasteiger partial charge in [0.2, 0.25) is 5.91 Å². The second kappa shape index (κ2) is 5.66. The minimum Gasteiger partial charge on any atom is -0.335 e. The molecule has 1 aliphatic heterocycles. The van der Waals surface area contributed by atoms with Crippen LogP contribution in [0.3, 0.4) is 0 Å². The van der Waals surface area contributed by atoms with Crippen molar-refractivity contribution in [1.29, 1.82) is 0 Å². The molecule has 1 aromatic rings. The first-order valence-electron chi connectivity index (χ1n) is 8.05. The van der Waals surface area contributed by atoms with Crippen LogP contribution in [0.1, 0.15) is 55.1 Å². The summed E-state index contributed by atoms with van der Waals surface area (Å²) in [5, 5.41) is 4.53. The van der Waals surface area contributed by atoms with Gasteiger partial charge in [-0.1, -0.05) is 12.2 Å². The lowest BCUT2D eigenvalue weighted by Gasteiger charge is -2.30. The maximum atomic E-state index is 12.9. The van der Waals surface area contributed by atoms with Crippen LogP contribution < -0.4 is 0 Å². The standard InChI is InChI=1S/C17H25N3O/c1-12-16(13(2)19(3)18-12)15-10-7-11-20(15)17(21)14-8-5-4-6-9-14/h4-5,14-15H,6-11H2,1-3H3/t14-,15-/m1/s1. The van der Waals surface area contributed by atoms with Crippen molar-refractivity contribution in [2.75, 3.05) is 6.54 Å². The first kappa shape index (κ1) is 14.4. The predicted octanol–water partition coefficient (Wildman–Crippen LogP) is 3.06.